The fourth-order valence-electron chi connectivity index (χ4n) is 1.79. The molecule has 0 aromatic carbocycles. The SMILES string of the molecule is CC#CC(C#N)/C=C(\CBr)CN(CCC)CCNC. The third-order valence-electron chi connectivity index (χ3n) is 2.66. The van der Waals surface area contributed by atoms with E-state index in [0.29, 0.717) is 0 Å². The first kappa shape index (κ1) is 18.2. The number of halogens is 1. The van der Waals surface area contributed by atoms with Crippen molar-refractivity contribution in [1.82, 2.24) is 10.2 Å². The molecule has 0 rings (SSSR count). The topological polar surface area (TPSA) is 39.1 Å². The number of nitriles is 1. The molecule has 1 atom stereocenters. The van der Waals surface area contributed by atoms with Gasteiger partial charge in [-0.05, 0) is 32.5 Å². The van der Waals surface area contributed by atoms with Gasteiger partial charge in [-0.25, -0.2) is 0 Å². The van der Waals surface area contributed by atoms with Gasteiger partial charge in [0.25, 0.3) is 0 Å². The number of allylic oxidation sites excluding steroid dienone is 1. The molecule has 0 aliphatic rings. The van der Waals surface area contributed by atoms with E-state index in [1.807, 2.05) is 13.1 Å². The van der Waals surface area contributed by atoms with Crippen LogP contribution in [0, 0.1) is 29.1 Å². The minimum absolute atomic E-state index is 0.301. The lowest BCUT2D eigenvalue weighted by Gasteiger charge is -2.22. The Kier molecular flexibility index (Phi) is 11.7. The average Bonchev–Trinajstić information content (AvgIpc) is 2.43. The van der Waals surface area contributed by atoms with Crippen LogP contribution in [0.3, 0.4) is 0 Å². The number of alkyl halides is 1. The maximum Gasteiger partial charge on any atom is 0.125 e. The van der Waals surface area contributed by atoms with E-state index in [-0.39, 0.29) is 5.92 Å². The minimum Gasteiger partial charge on any atom is -0.318 e. The molecule has 0 aromatic rings. The van der Waals surface area contributed by atoms with Crippen molar-refractivity contribution in [2.24, 2.45) is 5.92 Å². The van der Waals surface area contributed by atoms with E-state index in [4.69, 9.17) is 5.26 Å². The van der Waals surface area contributed by atoms with Crippen LogP contribution in [0.2, 0.25) is 0 Å². The van der Waals surface area contributed by atoms with Gasteiger partial charge in [-0.2, -0.15) is 5.26 Å². The summed E-state index contributed by atoms with van der Waals surface area (Å²) in [4.78, 5) is 2.40. The Morgan fingerprint density at radius 3 is 2.68 bits per heavy atom. The van der Waals surface area contributed by atoms with Crippen LogP contribution in [-0.2, 0) is 0 Å². The fourth-order valence-corrected chi connectivity index (χ4v) is 2.15. The van der Waals surface area contributed by atoms with E-state index in [9.17, 15) is 0 Å². The van der Waals surface area contributed by atoms with Crippen molar-refractivity contribution in [2.75, 3.05) is 38.6 Å². The molecule has 0 aromatic heterocycles. The lowest BCUT2D eigenvalue weighted by atomic mass is 10.1. The van der Waals surface area contributed by atoms with Crippen LogP contribution in [0.5, 0.6) is 0 Å². The monoisotopic (exact) mass is 325 g/mol. The third kappa shape index (κ3) is 8.83. The molecule has 106 valence electrons. The zero-order valence-electron chi connectivity index (χ0n) is 12.2. The van der Waals surface area contributed by atoms with Gasteiger partial charge in [-0.1, -0.05) is 34.9 Å². The van der Waals surface area contributed by atoms with E-state index in [1.54, 1.807) is 6.92 Å². The highest BCUT2D eigenvalue weighted by Gasteiger charge is 2.08. The second-order valence-corrected chi connectivity index (χ2v) is 4.90. The Balaban J connectivity index is 4.67. The first-order valence-electron chi connectivity index (χ1n) is 6.66. The van der Waals surface area contributed by atoms with Crippen LogP contribution in [0.25, 0.3) is 0 Å². The summed E-state index contributed by atoms with van der Waals surface area (Å²) < 4.78 is 0. The molecular weight excluding hydrogens is 302 g/mol. The number of hydrogen-bond acceptors (Lipinski definition) is 3. The smallest absolute Gasteiger partial charge is 0.125 e. The van der Waals surface area contributed by atoms with Crippen molar-refractivity contribution in [2.45, 2.75) is 20.3 Å². The molecule has 0 bridgehead atoms. The molecule has 0 radical (unpaired) electrons. The van der Waals surface area contributed by atoms with Crippen LogP contribution in [0.1, 0.15) is 20.3 Å². The first-order valence-corrected chi connectivity index (χ1v) is 7.78. The predicted molar refractivity (Wildman–Crippen MR) is 85.1 cm³/mol. The van der Waals surface area contributed by atoms with Crippen LogP contribution >= 0.6 is 15.9 Å². The summed E-state index contributed by atoms with van der Waals surface area (Å²) in [5, 5.41) is 13.0. The molecule has 19 heavy (non-hydrogen) atoms. The van der Waals surface area contributed by atoms with Gasteiger partial charge in [0, 0.05) is 25.0 Å². The number of rotatable bonds is 9. The summed E-state index contributed by atoms with van der Waals surface area (Å²) in [6.45, 7) is 7.91. The molecule has 0 aliphatic carbocycles. The van der Waals surface area contributed by atoms with Crippen molar-refractivity contribution < 1.29 is 0 Å². The maximum atomic E-state index is 9.04. The minimum atomic E-state index is -0.301. The molecule has 3 nitrogen and oxygen atoms in total. The van der Waals surface area contributed by atoms with Crippen molar-refractivity contribution in [3.63, 3.8) is 0 Å². The van der Waals surface area contributed by atoms with Gasteiger partial charge in [-0.15, -0.1) is 5.92 Å². The van der Waals surface area contributed by atoms with E-state index < -0.39 is 0 Å². The summed E-state index contributed by atoms with van der Waals surface area (Å²) in [6, 6.07) is 2.21. The summed E-state index contributed by atoms with van der Waals surface area (Å²) in [5.41, 5.74) is 1.22. The van der Waals surface area contributed by atoms with Gasteiger partial charge in [0.05, 0.1) is 6.07 Å². The van der Waals surface area contributed by atoms with Gasteiger partial charge in [0.15, 0.2) is 0 Å². The lowest BCUT2D eigenvalue weighted by Crippen LogP contribution is -2.33. The van der Waals surface area contributed by atoms with Gasteiger partial charge in [-0.3, -0.25) is 4.90 Å². The summed E-state index contributed by atoms with van der Waals surface area (Å²) in [5.74, 6) is 5.41. The molecule has 0 spiro atoms. The van der Waals surface area contributed by atoms with Gasteiger partial charge in [0.1, 0.15) is 5.92 Å². The number of nitrogens with zero attached hydrogens (tertiary/aromatic N) is 2. The van der Waals surface area contributed by atoms with Crippen LogP contribution < -0.4 is 5.32 Å². The molecule has 0 fully saturated rings. The van der Waals surface area contributed by atoms with Crippen molar-refractivity contribution in [3.8, 4) is 17.9 Å². The van der Waals surface area contributed by atoms with E-state index in [1.165, 1.54) is 5.57 Å². The maximum absolute atomic E-state index is 9.04. The molecule has 0 heterocycles. The van der Waals surface area contributed by atoms with Crippen LogP contribution in [-0.4, -0.2) is 43.5 Å². The van der Waals surface area contributed by atoms with Crippen LogP contribution in [0.4, 0.5) is 0 Å². The Morgan fingerprint density at radius 2 is 2.21 bits per heavy atom. The zero-order valence-corrected chi connectivity index (χ0v) is 13.8. The Bertz CT molecular complexity index is 360. The summed E-state index contributed by atoms with van der Waals surface area (Å²) in [7, 11) is 1.97. The third-order valence-corrected chi connectivity index (χ3v) is 3.38. The second kappa shape index (κ2) is 12.2. The molecule has 0 amide bonds. The quantitative estimate of drug-likeness (QED) is 0.402. The molecular formula is C15H24BrN3. The van der Waals surface area contributed by atoms with Gasteiger partial charge < -0.3 is 5.32 Å². The highest BCUT2D eigenvalue weighted by molar-refractivity contribution is 9.09. The molecule has 0 saturated carbocycles. The van der Waals surface area contributed by atoms with E-state index in [2.05, 4.69) is 51.0 Å². The standard InChI is InChI=1S/C15H24BrN3/c1-4-6-14(12-17)10-15(11-16)13-19(8-5-2)9-7-18-3/h10,14,18H,5,7-9,11,13H2,1-3H3/b15-10+. The van der Waals surface area contributed by atoms with Gasteiger partial charge in [0.2, 0.25) is 0 Å². The highest BCUT2D eigenvalue weighted by Crippen LogP contribution is 2.08. The highest BCUT2D eigenvalue weighted by atomic mass is 79.9. The molecule has 0 saturated heterocycles. The Labute approximate surface area is 126 Å². The normalized spacial score (nSPS) is 12.7. The van der Waals surface area contributed by atoms with Crippen molar-refractivity contribution in [1.29, 1.82) is 5.26 Å². The summed E-state index contributed by atoms with van der Waals surface area (Å²) >= 11 is 3.50. The number of likely N-dealkylation sites (N-methyl/N-ethyl adjacent to an activating group) is 1. The number of hydrogen-bond donors (Lipinski definition) is 1. The predicted octanol–water partition coefficient (Wildman–Crippen LogP) is 2.40. The molecule has 0 aliphatic heterocycles. The molecule has 1 N–H and O–H groups in total. The largest absolute Gasteiger partial charge is 0.318 e. The second-order valence-electron chi connectivity index (χ2n) is 4.34. The Morgan fingerprint density at radius 1 is 1.47 bits per heavy atom. The summed E-state index contributed by atoms with van der Waals surface area (Å²) in [6.07, 6.45) is 3.11. The van der Waals surface area contributed by atoms with E-state index >= 15 is 0 Å². The zero-order chi connectivity index (χ0) is 14.5. The van der Waals surface area contributed by atoms with E-state index in [0.717, 1.165) is 37.9 Å². The lowest BCUT2D eigenvalue weighted by molar-refractivity contribution is 0.298. The number of nitrogens with one attached hydrogen (secondary N) is 1. The Hall–Kier alpha value is -0.810. The average molecular weight is 326 g/mol. The molecule has 1 unspecified atom stereocenters. The van der Waals surface area contributed by atoms with Crippen molar-refractivity contribution in [3.05, 3.63) is 11.6 Å². The molecule has 4 heteroatoms. The fraction of sp³-hybridized carbons (Fsp3) is 0.667. The van der Waals surface area contributed by atoms with Gasteiger partial charge >= 0.3 is 0 Å². The van der Waals surface area contributed by atoms with Crippen molar-refractivity contribution >= 4 is 15.9 Å². The first-order chi connectivity index (χ1) is 9.21. The van der Waals surface area contributed by atoms with Crippen LogP contribution in [0.15, 0.2) is 11.6 Å².